The molecule has 2 aromatic heterocycles. The van der Waals surface area contributed by atoms with Crippen molar-refractivity contribution in [3.63, 3.8) is 0 Å². The molecular formula is C18H23N5O5. The van der Waals surface area contributed by atoms with Crippen molar-refractivity contribution in [2.24, 2.45) is 0 Å². The average Bonchev–Trinajstić information content (AvgIpc) is 3.05. The lowest BCUT2D eigenvalue weighted by atomic mass is 10.1. The molecule has 3 heterocycles. The minimum absolute atomic E-state index is 0.0763. The van der Waals surface area contributed by atoms with E-state index in [4.69, 9.17) is 14.0 Å². The van der Waals surface area contributed by atoms with Crippen molar-refractivity contribution in [3.05, 3.63) is 29.3 Å². The largest absolute Gasteiger partial charge is 0.444 e. The van der Waals surface area contributed by atoms with Gasteiger partial charge >= 0.3 is 6.09 Å². The van der Waals surface area contributed by atoms with E-state index in [9.17, 15) is 9.59 Å². The van der Waals surface area contributed by atoms with E-state index in [-0.39, 0.29) is 30.1 Å². The summed E-state index contributed by atoms with van der Waals surface area (Å²) in [6, 6.07) is 3.42. The minimum atomic E-state index is -0.408. The second kappa shape index (κ2) is 7.27. The van der Waals surface area contributed by atoms with Crippen molar-refractivity contribution in [2.45, 2.75) is 57.3 Å². The molecule has 0 aromatic carbocycles. The van der Waals surface area contributed by atoms with E-state index in [1.807, 2.05) is 6.92 Å². The monoisotopic (exact) mass is 389 g/mol. The fraction of sp³-hybridized carbons (Fsp3) is 0.556. The molecule has 0 bridgehead atoms. The zero-order chi connectivity index (χ0) is 19.7. The van der Waals surface area contributed by atoms with Gasteiger partial charge in [0.2, 0.25) is 5.91 Å². The van der Waals surface area contributed by atoms with Crippen LogP contribution in [0.2, 0.25) is 0 Å². The smallest absolute Gasteiger partial charge is 0.407 e. The van der Waals surface area contributed by atoms with Crippen LogP contribution in [0.3, 0.4) is 0 Å². The number of aromatic nitrogens is 3. The molecule has 150 valence electrons. The highest BCUT2D eigenvalue weighted by molar-refractivity contribution is 5.91. The predicted molar refractivity (Wildman–Crippen MR) is 96.5 cm³/mol. The number of alkyl carbamates (subject to hydrolysis) is 1. The summed E-state index contributed by atoms with van der Waals surface area (Å²) < 4.78 is 16.2. The summed E-state index contributed by atoms with van der Waals surface area (Å²) in [4.78, 5) is 24.0. The van der Waals surface area contributed by atoms with Gasteiger partial charge in [0, 0.05) is 24.1 Å². The lowest BCUT2D eigenvalue weighted by molar-refractivity contribution is -0.115. The van der Waals surface area contributed by atoms with Gasteiger partial charge in [-0.05, 0) is 26.7 Å². The summed E-state index contributed by atoms with van der Waals surface area (Å²) in [5.74, 6) is 0.625. The molecule has 2 aliphatic rings. The Morgan fingerprint density at radius 1 is 1.39 bits per heavy atom. The molecule has 3 N–H and O–H groups in total. The van der Waals surface area contributed by atoms with Crippen LogP contribution in [0.4, 0.5) is 10.6 Å². The minimum Gasteiger partial charge on any atom is -0.444 e. The Hall–Kier alpha value is -2.88. The number of carbonyl (C=O) groups excluding carboxylic acids is 2. The van der Waals surface area contributed by atoms with Crippen LogP contribution in [0.25, 0.3) is 0 Å². The first-order chi connectivity index (χ1) is 13.4. The molecule has 1 saturated heterocycles. The van der Waals surface area contributed by atoms with Gasteiger partial charge in [-0.25, -0.2) is 4.79 Å². The topological polar surface area (TPSA) is 131 Å². The Morgan fingerprint density at radius 2 is 2.21 bits per heavy atom. The standard InChI is InChI=1S/C18H23N5O5/c1-10-5-11(28-23-10)7-16(24)19-15-8-13(21-22-15)14-6-12(9-26-14)27-17(25)20-18(2)3-4-18/h5,8,12,14H,3-4,6-7,9H2,1-2H3,(H,20,25)(H2,19,21,22,24). The predicted octanol–water partition coefficient (Wildman–Crippen LogP) is 2.00. The third-order valence-corrected chi connectivity index (χ3v) is 4.86. The van der Waals surface area contributed by atoms with Crippen molar-refractivity contribution in [2.75, 3.05) is 11.9 Å². The van der Waals surface area contributed by atoms with Gasteiger partial charge in [0.05, 0.1) is 24.4 Å². The second-order valence-electron chi connectivity index (χ2n) is 7.64. The average molecular weight is 389 g/mol. The number of carbonyl (C=O) groups is 2. The SMILES string of the molecule is Cc1cc(CC(=O)Nc2cc(C3CC(OC(=O)NC4(C)CC4)CO3)[nH]n2)on1. The number of aryl methyl sites for hydroxylation is 1. The molecule has 2 fully saturated rings. The normalized spacial score (nSPS) is 22.6. The number of H-pyrrole nitrogens is 1. The molecule has 4 rings (SSSR count). The van der Waals surface area contributed by atoms with Crippen LogP contribution >= 0.6 is 0 Å². The molecular weight excluding hydrogens is 366 g/mol. The highest BCUT2D eigenvalue weighted by Gasteiger charge is 2.40. The van der Waals surface area contributed by atoms with Crippen LogP contribution in [-0.2, 0) is 20.7 Å². The van der Waals surface area contributed by atoms with Gasteiger partial charge in [-0.1, -0.05) is 5.16 Å². The Morgan fingerprint density at radius 3 is 2.93 bits per heavy atom. The van der Waals surface area contributed by atoms with Gasteiger partial charge < -0.3 is 24.6 Å². The number of rotatable bonds is 6. The van der Waals surface area contributed by atoms with Crippen LogP contribution in [0.15, 0.2) is 16.7 Å². The molecule has 2 unspecified atom stereocenters. The molecule has 1 saturated carbocycles. The van der Waals surface area contributed by atoms with E-state index in [1.165, 1.54) is 0 Å². The van der Waals surface area contributed by atoms with Crippen LogP contribution < -0.4 is 10.6 Å². The molecule has 10 heteroatoms. The fourth-order valence-corrected chi connectivity index (χ4v) is 3.05. The Kier molecular flexibility index (Phi) is 4.80. The lowest BCUT2D eigenvalue weighted by Crippen LogP contribution is -2.37. The number of nitrogens with one attached hydrogen (secondary N) is 3. The third kappa shape index (κ3) is 4.50. The van der Waals surface area contributed by atoms with Crippen molar-refractivity contribution >= 4 is 17.8 Å². The first-order valence-electron chi connectivity index (χ1n) is 9.26. The molecule has 0 radical (unpaired) electrons. The Balaban J connectivity index is 1.26. The number of ether oxygens (including phenoxy) is 2. The fourth-order valence-electron chi connectivity index (χ4n) is 3.05. The van der Waals surface area contributed by atoms with Crippen molar-refractivity contribution in [1.29, 1.82) is 0 Å². The zero-order valence-electron chi connectivity index (χ0n) is 15.8. The lowest BCUT2D eigenvalue weighted by Gasteiger charge is -2.15. The summed E-state index contributed by atoms with van der Waals surface area (Å²) in [5.41, 5.74) is 1.32. The summed E-state index contributed by atoms with van der Waals surface area (Å²) in [5, 5.41) is 16.3. The summed E-state index contributed by atoms with van der Waals surface area (Å²) in [6.45, 7) is 4.10. The number of amides is 2. The molecule has 2 atom stereocenters. The number of nitrogens with zero attached hydrogens (tertiary/aromatic N) is 2. The maximum Gasteiger partial charge on any atom is 0.407 e. The molecule has 0 spiro atoms. The molecule has 2 amide bonds. The third-order valence-electron chi connectivity index (χ3n) is 4.86. The van der Waals surface area contributed by atoms with Crippen molar-refractivity contribution < 1.29 is 23.6 Å². The van der Waals surface area contributed by atoms with Gasteiger partial charge in [-0.3, -0.25) is 9.89 Å². The summed E-state index contributed by atoms with van der Waals surface area (Å²) in [6.07, 6.45) is 1.56. The Bertz CT molecular complexity index is 871. The number of aromatic amines is 1. The first kappa shape index (κ1) is 18.5. The molecule has 28 heavy (non-hydrogen) atoms. The van der Waals surface area contributed by atoms with E-state index in [0.717, 1.165) is 18.5 Å². The van der Waals surface area contributed by atoms with E-state index < -0.39 is 6.09 Å². The number of hydrogen-bond acceptors (Lipinski definition) is 7. The van der Waals surface area contributed by atoms with Gasteiger partial charge in [-0.15, -0.1) is 0 Å². The van der Waals surface area contributed by atoms with Crippen molar-refractivity contribution in [3.8, 4) is 0 Å². The zero-order valence-corrected chi connectivity index (χ0v) is 15.8. The molecule has 1 aliphatic heterocycles. The van der Waals surface area contributed by atoms with E-state index in [2.05, 4.69) is 26.0 Å². The Labute approximate surface area is 161 Å². The van der Waals surface area contributed by atoms with E-state index in [1.54, 1.807) is 19.1 Å². The number of hydrogen-bond donors (Lipinski definition) is 3. The second-order valence-corrected chi connectivity index (χ2v) is 7.64. The van der Waals surface area contributed by atoms with Gasteiger partial charge in [0.1, 0.15) is 18.0 Å². The maximum atomic E-state index is 12.1. The molecule has 2 aromatic rings. The van der Waals surface area contributed by atoms with Crippen LogP contribution in [0.5, 0.6) is 0 Å². The van der Waals surface area contributed by atoms with Gasteiger partial charge in [-0.2, -0.15) is 5.10 Å². The van der Waals surface area contributed by atoms with Gasteiger partial charge in [0.15, 0.2) is 5.82 Å². The highest BCUT2D eigenvalue weighted by atomic mass is 16.6. The summed E-state index contributed by atoms with van der Waals surface area (Å²) in [7, 11) is 0. The van der Waals surface area contributed by atoms with Gasteiger partial charge in [0.25, 0.3) is 0 Å². The van der Waals surface area contributed by atoms with Crippen molar-refractivity contribution in [1.82, 2.24) is 20.7 Å². The highest BCUT2D eigenvalue weighted by Crippen LogP contribution is 2.35. The number of anilines is 1. The molecule has 10 nitrogen and oxygen atoms in total. The van der Waals surface area contributed by atoms with E-state index in [0.29, 0.717) is 30.3 Å². The summed E-state index contributed by atoms with van der Waals surface area (Å²) >= 11 is 0. The van der Waals surface area contributed by atoms with Crippen LogP contribution in [-0.4, -0.2) is 45.6 Å². The van der Waals surface area contributed by atoms with E-state index >= 15 is 0 Å². The first-order valence-corrected chi connectivity index (χ1v) is 9.26. The van der Waals surface area contributed by atoms with Crippen LogP contribution in [0, 0.1) is 6.92 Å². The molecule has 1 aliphatic carbocycles. The van der Waals surface area contributed by atoms with Crippen LogP contribution in [0.1, 0.15) is 49.4 Å². The maximum absolute atomic E-state index is 12.1. The quantitative estimate of drug-likeness (QED) is 0.688.